The zero-order valence-electron chi connectivity index (χ0n) is 8.45. The van der Waals surface area contributed by atoms with Crippen LogP contribution in [0.5, 0.6) is 0 Å². The van der Waals surface area contributed by atoms with E-state index in [1.165, 1.54) is 0 Å². The smallest absolute Gasteiger partial charge is 0.0313 e. The van der Waals surface area contributed by atoms with E-state index in [2.05, 4.69) is 5.32 Å². The van der Waals surface area contributed by atoms with Gasteiger partial charge in [-0.25, -0.2) is 0 Å². The van der Waals surface area contributed by atoms with Crippen LogP contribution in [0.25, 0.3) is 0 Å². The number of rotatable bonds is 4. The average molecular weight is 196 g/mol. The van der Waals surface area contributed by atoms with Crippen LogP contribution in [0.2, 0.25) is 0 Å². The van der Waals surface area contributed by atoms with Gasteiger partial charge in [-0.1, -0.05) is 18.2 Å². The van der Waals surface area contributed by atoms with Gasteiger partial charge in [0.1, 0.15) is 0 Å². The minimum atomic E-state index is 0.694. The van der Waals surface area contributed by atoms with E-state index >= 15 is 0 Å². The molecule has 0 radical (unpaired) electrons. The Morgan fingerprint density at radius 2 is 1.43 bits per heavy atom. The fraction of sp³-hybridized carbons (Fsp3) is 0.400. The molecule has 1 aromatic carbocycles. The third kappa shape index (κ3) is 8.99. The van der Waals surface area contributed by atoms with Crippen molar-refractivity contribution >= 4 is 5.69 Å². The predicted molar refractivity (Wildman–Crippen MR) is 61.8 cm³/mol. The Morgan fingerprint density at radius 3 is 1.71 bits per heavy atom. The number of hydrogen-bond donors (Lipinski definition) is 4. The van der Waals surface area contributed by atoms with E-state index in [4.69, 9.17) is 17.2 Å². The van der Waals surface area contributed by atoms with Gasteiger partial charge in [-0.3, -0.25) is 0 Å². The van der Waals surface area contributed by atoms with Gasteiger partial charge in [-0.15, -0.1) is 0 Å². The molecule has 0 saturated heterocycles. The molecule has 80 valence electrons. The Labute approximate surface area is 85.5 Å². The number of anilines is 1. The van der Waals surface area contributed by atoms with Crippen molar-refractivity contribution in [2.24, 2.45) is 11.5 Å². The minimum Gasteiger partial charge on any atom is -0.399 e. The first kappa shape index (κ1) is 12.9. The van der Waals surface area contributed by atoms with E-state index < -0.39 is 0 Å². The monoisotopic (exact) mass is 196 g/mol. The molecule has 0 heterocycles. The quantitative estimate of drug-likeness (QED) is 0.395. The second-order valence-electron chi connectivity index (χ2n) is 2.74. The van der Waals surface area contributed by atoms with E-state index in [1.54, 1.807) is 0 Å². The number of hydrogen-bond acceptors (Lipinski definition) is 4. The lowest BCUT2D eigenvalue weighted by Gasteiger charge is -1.95. The van der Waals surface area contributed by atoms with Gasteiger partial charge in [0.2, 0.25) is 0 Å². The molecule has 0 aromatic heterocycles. The lowest BCUT2D eigenvalue weighted by Crippen LogP contribution is -2.27. The maximum absolute atomic E-state index is 5.36. The molecule has 7 N–H and O–H groups in total. The molecular formula is C10H20N4. The summed E-state index contributed by atoms with van der Waals surface area (Å²) in [5.41, 5.74) is 16.5. The molecular weight excluding hydrogens is 176 g/mol. The summed E-state index contributed by atoms with van der Waals surface area (Å²) in [6.45, 7) is 3.13. The highest BCUT2D eigenvalue weighted by molar-refractivity contribution is 5.35. The van der Waals surface area contributed by atoms with Crippen molar-refractivity contribution in [1.82, 2.24) is 5.32 Å². The molecule has 0 aliphatic carbocycles. The topological polar surface area (TPSA) is 90.1 Å². The van der Waals surface area contributed by atoms with Crippen LogP contribution in [0, 0.1) is 0 Å². The summed E-state index contributed by atoms with van der Waals surface area (Å²) in [6, 6.07) is 9.49. The van der Waals surface area contributed by atoms with Crippen molar-refractivity contribution in [3.05, 3.63) is 30.3 Å². The first-order valence-corrected chi connectivity index (χ1v) is 4.72. The number of benzene rings is 1. The Bertz CT molecular complexity index is 197. The zero-order valence-corrected chi connectivity index (χ0v) is 8.45. The molecule has 0 bridgehead atoms. The van der Waals surface area contributed by atoms with Gasteiger partial charge >= 0.3 is 0 Å². The summed E-state index contributed by atoms with van der Waals surface area (Å²) in [6.07, 6.45) is 0. The Morgan fingerprint density at radius 1 is 0.929 bits per heavy atom. The molecule has 0 amide bonds. The number of nitrogen functional groups attached to an aromatic ring is 1. The molecule has 0 aliphatic heterocycles. The highest BCUT2D eigenvalue weighted by Crippen LogP contribution is 1.95. The Hall–Kier alpha value is -1.10. The van der Waals surface area contributed by atoms with Crippen LogP contribution in [0.15, 0.2) is 30.3 Å². The van der Waals surface area contributed by atoms with Crippen molar-refractivity contribution in [2.45, 2.75) is 0 Å². The average Bonchev–Trinajstić information content (AvgIpc) is 2.21. The van der Waals surface area contributed by atoms with Gasteiger partial charge in [0.05, 0.1) is 0 Å². The fourth-order valence-corrected chi connectivity index (χ4v) is 0.782. The molecule has 4 nitrogen and oxygen atoms in total. The third-order valence-corrected chi connectivity index (χ3v) is 1.44. The normalized spacial score (nSPS) is 9.00. The summed E-state index contributed by atoms with van der Waals surface area (Å²) in [5, 5.41) is 3.03. The summed E-state index contributed by atoms with van der Waals surface area (Å²) >= 11 is 0. The predicted octanol–water partition coefficient (Wildman–Crippen LogP) is -0.238. The summed E-state index contributed by atoms with van der Waals surface area (Å²) in [4.78, 5) is 0. The van der Waals surface area contributed by atoms with Crippen LogP contribution in [-0.4, -0.2) is 26.2 Å². The second kappa shape index (κ2) is 9.98. The van der Waals surface area contributed by atoms with E-state index in [9.17, 15) is 0 Å². The summed E-state index contributed by atoms with van der Waals surface area (Å²) in [5.74, 6) is 0. The molecule has 4 heteroatoms. The lowest BCUT2D eigenvalue weighted by atomic mass is 10.3. The molecule has 0 aliphatic rings. The Balaban J connectivity index is 0.000000241. The SMILES string of the molecule is NCCNCCN.Nc1ccccc1. The van der Waals surface area contributed by atoms with Gasteiger partial charge in [0, 0.05) is 31.9 Å². The molecule has 0 unspecified atom stereocenters. The van der Waals surface area contributed by atoms with Crippen molar-refractivity contribution < 1.29 is 0 Å². The van der Waals surface area contributed by atoms with Crippen LogP contribution in [-0.2, 0) is 0 Å². The first-order valence-electron chi connectivity index (χ1n) is 4.72. The second-order valence-corrected chi connectivity index (χ2v) is 2.74. The molecule has 1 aromatic rings. The van der Waals surface area contributed by atoms with Crippen molar-refractivity contribution in [1.29, 1.82) is 0 Å². The lowest BCUT2D eigenvalue weighted by molar-refractivity contribution is 0.696. The number of nitrogens with two attached hydrogens (primary N) is 3. The number of para-hydroxylation sites is 1. The molecule has 0 fully saturated rings. The van der Waals surface area contributed by atoms with Crippen molar-refractivity contribution in [3.63, 3.8) is 0 Å². The first-order chi connectivity index (χ1) is 6.81. The maximum Gasteiger partial charge on any atom is 0.0313 e. The van der Waals surface area contributed by atoms with Crippen LogP contribution in [0.3, 0.4) is 0 Å². The molecule has 1 rings (SSSR count). The van der Waals surface area contributed by atoms with Crippen molar-refractivity contribution in [2.75, 3.05) is 31.9 Å². The zero-order chi connectivity index (χ0) is 10.6. The van der Waals surface area contributed by atoms with E-state index in [1.807, 2.05) is 30.3 Å². The van der Waals surface area contributed by atoms with Crippen molar-refractivity contribution in [3.8, 4) is 0 Å². The van der Waals surface area contributed by atoms with Gasteiger partial charge in [-0.2, -0.15) is 0 Å². The van der Waals surface area contributed by atoms with E-state index in [-0.39, 0.29) is 0 Å². The molecule has 14 heavy (non-hydrogen) atoms. The maximum atomic E-state index is 5.36. The third-order valence-electron chi connectivity index (χ3n) is 1.44. The standard InChI is InChI=1S/C6H7N.C4H13N3/c7-6-4-2-1-3-5-6;5-1-3-7-4-2-6/h1-5H,7H2;7H,1-6H2. The van der Waals surface area contributed by atoms with Crippen LogP contribution >= 0.6 is 0 Å². The van der Waals surface area contributed by atoms with Gasteiger partial charge in [0.15, 0.2) is 0 Å². The highest BCUT2D eigenvalue weighted by atomic mass is 14.9. The largest absolute Gasteiger partial charge is 0.399 e. The molecule has 0 atom stereocenters. The number of nitrogens with one attached hydrogen (secondary N) is 1. The molecule has 0 spiro atoms. The summed E-state index contributed by atoms with van der Waals surface area (Å²) < 4.78 is 0. The van der Waals surface area contributed by atoms with Gasteiger partial charge < -0.3 is 22.5 Å². The van der Waals surface area contributed by atoms with E-state index in [0.717, 1.165) is 18.8 Å². The Kier molecular flexibility index (Phi) is 9.20. The van der Waals surface area contributed by atoms with Crippen LogP contribution in [0.1, 0.15) is 0 Å². The van der Waals surface area contributed by atoms with Gasteiger partial charge in [0.25, 0.3) is 0 Å². The highest BCUT2D eigenvalue weighted by Gasteiger charge is 1.76. The minimum absolute atomic E-state index is 0.694. The fourth-order valence-electron chi connectivity index (χ4n) is 0.782. The molecule has 0 saturated carbocycles. The van der Waals surface area contributed by atoms with Gasteiger partial charge in [-0.05, 0) is 12.1 Å². The van der Waals surface area contributed by atoms with Crippen LogP contribution < -0.4 is 22.5 Å². The van der Waals surface area contributed by atoms with E-state index in [0.29, 0.717) is 13.1 Å². The summed E-state index contributed by atoms with van der Waals surface area (Å²) in [7, 11) is 0. The van der Waals surface area contributed by atoms with Crippen LogP contribution in [0.4, 0.5) is 5.69 Å².